The zero-order valence-corrected chi connectivity index (χ0v) is 21.9. The molecule has 5 atom stereocenters. The second-order valence-electron chi connectivity index (χ2n) is 11.0. The van der Waals surface area contributed by atoms with Gasteiger partial charge < -0.3 is 10.4 Å². The second-order valence-corrected chi connectivity index (χ2v) is 11.0. The molecule has 2 aliphatic rings. The van der Waals surface area contributed by atoms with Crippen LogP contribution in [-0.2, 0) is 22.6 Å². The first kappa shape index (κ1) is 27.2. The summed E-state index contributed by atoms with van der Waals surface area (Å²) in [5.74, 6) is -0.448. The van der Waals surface area contributed by atoms with Crippen LogP contribution in [0.25, 0.3) is 0 Å². The van der Waals surface area contributed by atoms with Crippen LogP contribution >= 0.6 is 0 Å². The van der Waals surface area contributed by atoms with Gasteiger partial charge in [0, 0.05) is 36.7 Å². The summed E-state index contributed by atoms with van der Waals surface area (Å²) in [5, 5.41) is 12.7. The molecule has 37 heavy (non-hydrogen) atoms. The van der Waals surface area contributed by atoms with Gasteiger partial charge in [-0.1, -0.05) is 42.5 Å². The van der Waals surface area contributed by atoms with Crippen LogP contribution in [0.2, 0.25) is 0 Å². The number of hydrogen-bond acceptors (Lipinski definition) is 5. The van der Waals surface area contributed by atoms with Crippen molar-refractivity contribution in [1.29, 1.82) is 0 Å². The molecule has 5 unspecified atom stereocenters. The Morgan fingerprint density at radius 3 is 2.43 bits per heavy atom. The lowest BCUT2D eigenvalue weighted by Crippen LogP contribution is -2.38. The highest BCUT2D eigenvalue weighted by molar-refractivity contribution is 6.26. The third-order valence-electron chi connectivity index (χ3n) is 8.29. The molecule has 6 heteroatoms. The normalized spacial score (nSPS) is 26.4. The van der Waals surface area contributed by atoms with E-state index in [4.69, 9.17) is 0 Å². The first-order chi connectivity index (χ1) is 17.9. The van der Waals surface area contributed by atoms with Crippen LogP contribution in [0.4, 0.5) is 0 Å². The Morgan fingerprint density at radius 2 is 1.76 bits per heavy atom. The van der Waals surface area contributed by atoms with Gasteiger partial charge in [-0.2, -0.15) is 0 Å². The molecule has 0 aromatic heterocycles. The van der Waals surface area contributed by atoms with E-state index in [0.717, 1.165) is 50.5 Å². The predicted octanol–water partition coefficient (Wildman–Crippen LogP) is 4.34. The molecule has 4 rings (SSSR count). The second kappa shape index (κ2) is 13.1. The van der Waals surface area contributed by atoms with Gasteiger partial charge in [-0.15, -0.1) is 0 Å². The van der Waals surface area contributed by atoms with Gasteiger partial charge >= 0.3 is 0 Å². The van der Waals surface area contributed by atoms with Crippen molar-refractivity contribution in [2.45, 2.75) is 83.0 Å². The number of ketones is 1. The Bertz CT molecular complexity index is 1040. The average Bonchev–Trinajstić information content (AvgIpc) is 3.26. The number of carbonyl (C=O) groups is 3. The number of aliphatic hydroxyl groups is 1. The van der Waals surface area contributed by atoms with Gasteiger partial charge in [0.1, 0.15) is 0 Å². The molecule has 0 spiro atoms. The number of benzene rings is 2. The Balaban J connectivity index is 1.36. The van der Waals surface area contributed by atoms with Crippen LogP contribution in [-0.4, -0.2) is 52.7 Å². The van der Waals surface area contributed by atoms with Crippen LogP contribution in [0, 0.1) is 11.8 Å². The third-order valence-corrected chi connectivity index (χ3v) is 8.29. The zero-order valence-electron chi connectivity index (χ0n) is 21.9. The van der Waals surface area contributed by atoms with Crippen molar-refractivity contribution in [3.8, 4) is 0 Å². The van der Waals surface area contributed by atoms with E-state index in [1.54, 1.807) is 0 Å². The van der Waals surface area contributed by atoms with Gasteiger partial charge in [0.15, 0.2) is 12.1 Å². The molecule has 1 aliphatic carbocycles. The fraction of sp³-hybridized carbons (Fsp3) is 0.516. The highest BCUT2D eigenvalue weighted by Gasteiger charge is 2.34. The largest absolute Gasteiger partial charge is 0.393 e. The number of carbonyl (C=O) groups excluding carboxylic acids is 3. The summed E-state index contributed by atoms with van der Waals surface area (Å²) in [6.45, 7) is 3.46. The minimum absolute atomic E-state index is 0.0352. The molecule has 1 aliphatic heterocycles. The number of aldehydes is 1. The van der Waals surface area contributed by atoms with E-state index in [2.05, 4.69) is 41.4 Å². The van der Waals surface area contributed by atoms with Crippen molar-refractivity contribution in [1.82, 2.24) is 10.2 Å². The number of aliphatic hydroxyl groups excluding tert-OH is 1. The van der Waals surface area contributed by atoms with Crippen LogP contribution in [0.15, 0.2) is 54.6 Å². The molecule has 1 saturated carbocycles. The van der Waals surface area contributed by atoms with Gasteiger partial charge in [0.25, 0.3) is 5.91 Å². The maximum absolute atomic E-state index is 12.7. The Hall–Kier alpha value is -2.83. The van der Waals surface area contributed by atoms with E-state index in [1.165, 1.54) is 5.56 Å². The molecule has 6 nitrogen and oxygen atoms in total. The quantitative estimate of drug-likeness (QED) is 0.371. The SMILES string of the molecule is CC1CCC(CCCc2ccccc2)C(C(=O)C=O)CN1Cc1ccc(C(=O)NC2CCC(O)C2)cc1. The van der Waals surface area contributed by atoms with Gasteiger partial charge in [-0.3, -0.25) is 19.3 Å². The smallest absolute Gasteiger partial charge is 0.251 e. The molecular weight excluding hydrogens is 464 g/mol. The maximum Gasteiger partial charge on any atom is 0.251 e. The van der Waals surface area contributed by atoms with Crippen molar-refractivity contribution in [2.75, 3.05) is 6.54 Å². The van der Waals surface area contributed by atoms with Gasteiger partial charge in [0.05, 0.1) is 6.10 Å². The number of nitrogens with zero attached hydrogens (tertiary/aromatic N) is 1. The van der Waals surface area contributed by atoms with E-state index < -0.39 is 0 Å². The summed E-state index contributed by atoms with van der Waals surface area (Å²) in [5.41, 5.74) is 3.00. The van der Waals surface area contributed by atoms with Crippen LogP contribution in [0.5, 0.6) is 0 Å². The summed E-state index contributed by atoms with van der Waals surface area (Å²) in [6, 6.07) is 18.4. The van der Waals surface area contributed by atoms with Gasteiger partial charge in [-0.05, 0) is 87.5 Å². The molecule has 1 saturated heterocycles. The molecule has 2 fully saturated rings. The number of hydrogen-bond donors (Lipinski definition) is 2. The monoisotopic (exact) mass is 504 g/mol. The molecule has 1 amide bonds. The van der Waals surface area contributed by atoms with E-state index in [0.29, 0.717) is 37.4 Å². The minimum Gasteiger partial charge on any atom is -0.393 e. The number of likely N-dealkylation sites (tertiary alicyclic amines) is 1. The Labute approximate surface area is 220 Å². The fourth-order valence-corrected chi connectivity index (χ4v) is 5.96. The maximum atomic E-state index is 12.7. The standard InChI is InChI=1S/C31H40N2O4/c1-22-10-13-25(9-5-8-23-6-3-2-4-7-23)29(30(36)21-34)20-33(22)19-24-11-14-26(15-12-24)31(37)32-27-16-17-28(35)18-27/h2-4,6-7,11-12,14-15,21-22,25,27-29,35H,5,8-10,13,16-20H2,1H3,(H,32,37). The topological polar surface area (TPSA) is 86.7 Å². The van der Waals surface area contributed by atoms with E-state index in [9.17, 15) is 19.5 Å². The number of Topliss-reactive ketones (excluding diaryl/α,β-unsaturated/α-hetero) is 1. The molecule has 1 heterocycles. The highest BCUT2D eigenvalue weighted by Crippen LogP contribution is 2.32. The summed E-state index contributed by atoms with van der Waals surface area (Å²) in [6.07, 6.45) is 7.24. The first-order valence-electron chi connectivity index (χ1n) is 13.8. The lowest BCUT2D eigenvalue weighted by atomic mass is 9.82. The number of amides is 1. The van der Waals surface area contributed by atoms with E-state index >= 15 is 0 Å². The Morgan fingerprint density at radius 1 is 1.00 bits per heavy atom. The average molecular weight is 505 g/mol. The van der Waals surface area contributed by atoms with Crippen molar-refractivity contribution < 1.29 is 19.5 Å². The number of nitrogens with one attached hydrogen (secondary N) is 1. The van der Waals surface area contributed by atoms with Crippen LogP contribution in [0.1, 0.15) is 73.4 Å². The van der Waals surface area contributed by atoms with Crippen molar-refractivity contribution in [2.24, 2.45) is 11.8 Å². The molecular formula is C31H40N2O4. The van der Waals surface area contributed by atoms with E-state index in [-0.39, 0.29) is 35.7 Å². The molecule has 2 N–H and O–H groups in total. The Kier molecular flexibility index (Phi) is 9.64. The lowest BCUT2D eigenvalue weighted by Gasteiger charge is -2.29. The third kappa shape index (κ3) is 7.59. The minimum atomic E-state index is -0.318. The van der Waals surface area contributed by atoms with Crippen LogP contribution in [0.3, 0.4) is 0 Å². The van der Waals surface area contributed by atoms with Gasteiger partial charge in [0.2, 0.25) is 0 Å². The predicted molar refractivity (Wildman–Crippen MR) is 144 cm³/mol. The van der Waals surface area contributed by atoms with Crippen molar-refractivity contribution >= 4 is 18.0 Å². The molecule has 0 bridgehead atoms. The number of aryl methyl sites for hydroxylation is 1. The molecule has 198 valence electrons. The molecule has 2 aromatic rings. The van der Waals surface area contributed by atoms with Crippen LogP contribution < -0.4 is 5.32 Å². The summed E-state index contributed by atoms with van der Waals surface area (Å²) >= 11 is 0. The first-order valence-corrected chi connectivity index (χ1v) is 13.8. The van der Waals surface area contributed by atoms with E-state index in [1.807, 2.05) is 30.3 Å². The number of rotatable bonds is 10. The van der Waals surface area contributed by atoms with Gasteiger partial charge in [-0.25, -0.2) is 0 Å². The van der Waals surface area contributed by atoms with Crippen molar-refractivity contribution in [3.05, 3.63) is 71.3 Å². The summed E-state index contributed by atoms with van der Waals surface area (Å²) in [4.78, 5) is 39.1. The summed E-state index contributed by atoms with van der Waals surface area (Å²) in [7, 11) is 0. The zero-order chi connectivity index (χ0) is 26.2. The molecule has 0 radical (unpaired) electrons. The van der Waals surface area contributed by atoms with Crippen molar-refractivity contribution in [3.63, 3.8) is 0 Å². The molecule has 2 aromatic carbocycles. The fourth-order valence-electron chi connectivity index (χ4n) is 5.96. The highest BCUT2D eigenvalue weighted by atomic mass is 16.3. The summed E-state index contributed by atoms with van der Waals surface area (Å²) < 4.78 is 0. The lowest BCUT2D eigenvalue weighted by molar-refractivity contribution is -0.134.